The highest BCUT2D eigenvalue weighted by molar-refractivity contribution is 5.48. The average molecular weight is 175 g/mol. The van der Waals surface area contributed by atoms with Crippen molar-refractivity contribution >= 4 is 6.08 Å². The van der Waals surface area contributed by atoms with Gasteiger partial charge in [-0.1, -0.05) is 25.5 Å². The molecule has 1 aromatic heterocycles. The number of allylic oxidation sites excluding steroid dienone is 1. The number of nitrogens with zero attached hydrogens (tertiary/aromatic N) is 1. The van der Waals surface area contributed by atoms with E-state index < -0.39 is 0 Å². The fourth-order valence-electron chi connectivity index (χ4n) is 1.08. The first kappa shape index (κ1) is 9.97. The first-order valence-corrected chi connectivity index (χ1v) is 4.88. The van der Waals surface area contributed by atoms with Gasteiger partial charge in [-0.3, -0.25) is 4.98 Å². The van der Waals surface area contributed by atoms with Gasteiger partial charge in [0.05, 0.1) is 5.69 Å². The summed E-state index contributed by atoms with van der Waals surface area (Å²) in [7, 11) is 0. The first-order chi connectivity index (χ1) is 6.26. The zero-order chi connectivity index (χ0) is 9.68. The Bertz CT molecular complexity index is 282. The number of aryl methyl sites for hydroxylation is 1. The topological polar surface area (TPSA) is 12.9 Å². The van der Waals surface area contributed by atoms with Crippen LogP contribution in [0.25, 0.3) is 6.08 Å². The monoisotopic (exact) mass is 175 g/mol. The van der Waals surface area contributed by atoms with Crippen molar-refractivity contribution < 1.29 is 0 Å². The number of hydrogen-bond donors (Lipinski definition) is 0. The summed E-state index contributed by atoms with van der Waals surface area (Å²) in [5.41, 5.74) is 3.74. The van der Waals surface area contributed by atoms with E-state index in [1.807, 2.05) is 6.20 Å². The number of pyridine rings is 1. The van der Waals surface area contributed by atoms with E-state index >= 15 is 0 Å². The van der Waals surface area contributed by atoms with Crippen LogP contribution >= 0.6 is 0 Å². The molecule has 0 fully saturated rings. The molecule has 0 amide bonds. The average Bonchev–Trinajstić information content (AvgIpc) is 2.19. The van der Waals surface area contributed by atoms with E-state index in [0.717, 1.165) is 18.5 Å². The normalized spacial score (nSPS) is 11.8. The molecule has 0 atom stereocenters. The predicted molar refractivity (Wildman–Crippen MR) is 57.6 cm³/mol. The van der Waals surface area contributed by atoms with E-state index in [4.69, 9.17) is 0 Å². The maximum absolute atomic E-state index is 4.36. The van der Waals surface area contributed by atoms with Gasteiger partial charge >= 0.3 is 0 Å². The van der Waals surface area contributed by atoms with E-state index in [1.54, 1.807) is 0 Å². The standard InChI is InChI=1S/C12H17N/c1-4-10(3)8-12-7-6-11(5-2)9-13-12/h6-9H,4-5H2,1-3H3/b10-8-. The van der Waals surface area contributed by atoms with Crippen molar-refractivity contribution in [2.45, 2.75) is 33.6 Å². The van der Waals surface area contributed by atoms with Crippen molar-refractivity contribution in [2.24, 2.45) is 0 Å². The third kappa shape index (κ3) is 3.02. The van der Waals surface area contributed by atoms with Gasteiger partial charge in [-0.05, 0) is 37.5 Å². The molecule has 1 nitrogen and oxygen atoms in total. The molecule has 0 saturated heterocycles. The van der Waals surface area contributed by atoms with Crippen LogP contribution in [-0.4, -0.2) is 4.98 Å². The SMILES string of the molecule is CC/C(C)=C\c1ccc(CC)cn1. The van der Waals surface area contributed by atoms with Crippen LogP contribution < -0.4 is 0 Å². The third-order valence-electron chi connectivity index (χ3n) is 2.21. The van der Waals surface area contributed by atoms with E-state index in [-0.39, 0.29) is 0 Å². The van der Waals surface area contributed by atoms with Crippen molar-refractivity contribution in [1.29, 1.82) is 0 Å². The van der Waals surface area contributed by atoms with Crippen molar-refractivity contribution in [3.05, 3.63) is 35.2 Å². The zero-order valence-corrected chi connectivity index (χ0v) is 8.67. The molecular weight excluding hydrogens is 158 g/mol. The lowest BCUT2D eigenvalue weighted by molar-refractivity contribution is 1.09. The van der Waals surface area contributed by atoms with Gasteiger partial charge in [0.2, 0.25) is 0 Å². The Morgan fingerprint density at radius 1 is 1.38 bits per heavy atom. The Morgan fingerprint density at radius 2 is 2.15 bits per heavy atom. The summed E-state index contributed by atoms with van der Waals surface area (Å²) in [6, 6.07) is 4.22. The molecule has 0 N–H and O–H groups in total. The lowest BCUT2D eigenvalue weighted by Gasteiger charge is -1.98. The minimum Gasteiger partial charge on any atom is -0.257 e. The van der Waals surface area contributed by atoms with Crippen LogP contribution in [0.1, 0.15) is 38.4 Å². The molecule has 0 aliphatic carbocycles. The van der Waals surface area contributed by atoms with Crippen LogP contribution in [0.2, 0.25) is 0 Å². The molecule has 13 heavy (non-hydrogen) atoms. The van der Waals surface area contributed by atoms with Gasteiger partial charge in [0.1, 0.15) is 0 Å². The van der Waals surface area contributed by atoms with Crippen LogP contribution in [0.15, 0.2) is 23.9 Å². The van der Waals surface area contributed by atoms with Crippen LogP contribution in [-0.2, 0) is 6.42 Å². The molecule has 1 aromatic rings. The second-order valence-corrected chi connectivity index (χ2v) is 3.29. The van der Waals surface area contributed by atoms with Crippen molar-refractivity contribution in [3.63, 3.8) is 0 Å². The van der Waals surface area contributed by atoms with Crippen molar-refractivity contribution in [2.75, 3.05) is 0 Å². The van der Waals surface area contributed by atoms with Crippen LogP contribution in [0.4, 0.5) is 0 Å². The maximum Gasteiger partial charge on any atom is 0.0629 e. The molecule has 70 valence electrons. The molecule has 0 bridgehead atoms. The lowest BCUT2D eigenvalue weighted by atomic mass is 10.1. The molecule has 0 aliphatic rings. The van der Waals surface area contributed by atoms with Gasteiger partial charge in [0.25, 0.3) is 0 Å². The number of hydrogen-bond acceptors (Lipinski definition) is 1. The Morgan fingerprint density at radius 3 is 2.62 bits per heavy atom. The van der Waals surface area contributed by atoms with E-state index in [1.165, 1.54) is 11.1 Å². The fraction of sp³-hybridized carbons (Fsp3) is 0.417. The molecule has 0 spiro atoms. The molecule has 0 radical (unpaired) electrons. The van der Waals surface area contributed by atoms with E-state index in [2.05, 4.69) is 44.0 Å². The Hall–Kier alpha value is -1.11. The second kappa shape index (κ2) is 4.80. The van der Waals surface area contributed by atoms with Gasteiger partial charge in [0, 0.05) is 6.20 Å². The van der Waals surface area contributed by atoms with Gasteiger partial charge in [0.15, 0.2) is 0 Å². The second-order valence-electron chi connectivity index (χ2n) is 3.29. The Balaban J connectivity index is 2.80. The minimum absolute atomic E-state index is 1.06. The van der Waals surface area contributed by atoms with Crippen LogP contribution in [0, 0.1) is 0 Å². The Kier molecular flexibility index (Phi) is 3.69. The first-order valence-electron chi connectivity index (χ1n) is 4.88. The molecule has 0 aromatic carbocycles. The summed E-state index contributed by atoms with van der Waals surface area (Å²) in [6.45, 7) is 6.44. The summed E-state index contributed by atoms with van der Waals surface area (Å²) in [4.78, 5) is 4.36. The molecule has 0 saturated carbocycles. The van der Waals surface area contributed by atoms with E-state index in [0.29, 0.717) is 0 Å². The smallest absolute Gasteiger partial charge is 0.0629 e. The number of aromatic nitrogens is 1. The molecule has 1 rings (SSSR count). The summed E-state index contributed by atoms with van der Waals surface area (Å²) in [5.74, 6) is 0. The van der Waals surface area contributed by atoms with E-state index in [9.17, 15) is 0 Å². The van der Waals surface area contributed by atoms with Gasteiger partial charge in [-0.2, -0.15) is 0 Å². The van der Waals surface area contributed by atoms with Gasteiger partial charge in [-0.25, -0.2) is 0 Å². The summed E-state index contributed by atoms with van der Waals surface area (Å²) in [5, 5.41) is 0. The van der Waals surface area contributed by atoms with Crippen LogP contribution in [0.5, 0.6) is 0 Å². The quantitative estimate of drug-likeness (QED) is 0.685. The molecule has 0 unspecified atom stereocenters. The fourth-order valence-corrected chi connectivity index (χ4v) is 1.08. The molecule has 0 aliphatic heterocycles. The molecule has 1 heterocycles. The zero-order valence-electron chi connectivity index (χ0n) is 8.67. The van der Waals surface area contributed by atoms with Crippen molar-refractivity contribution in [1.82, 2.24) is 4.98 Å². The largest absolute Gasteiger partial charge is 0.257 e. The number of rotatable bonds is 3. The highest BCUT2D eigenvalue weighted by atomic mass is 14.7. The highest BCUT2D eigenvalue weighted by Gasteiger charge is 1.91. The predicted octanol–water partition coefficient (Wildman–Crippen LogP) is 3.46. The van der Waals surface area contributed by atoms with Gasteiger partial charge < -0.3 is 0 Å². The molecular formula is C12H17N. The summed E-state index contributed by atoms with van der Waals surface area (Å²) < 4.78 is 0. The van der Waals surface area contributed by atoms with Crippen LogP contribution in [0.3, 0.4) is 0 Å². The lowest BCUT2D eigenvalue weighted by Crippen LogP contribution is -1.85. The maximum atomic E-state index is 4.36. The van der Waals surface area contributed by atoms with Crippen molar-refractivity contribution in [3.8, 4) is 0 Å². The summed E-state index contributed by atoms with van der Waals surface area (Å²) in [6.07, 6.45) is 6.25. The Labute approximate surface area is 80.5 Å². The third-order valence-corrected chi connectivity index (χ3v) is 2.21. The minimum atomic E-state index is 1.06. The molecule has 1 heteroatoms. The highest BCUT2D eigenvalue weighted by Crippen LogP contribution is 2.07. The summed E-state index contributed by atoms with van der Waals surface area (Å²) >= 11 is 0. The van der Waals surface area contributed by atoms with Gasteiger partial charge in [-0.15, -0.1) is 0 Å².